The number of halogens is 2. The highest BCUT2D eigenvalue weighted by atomic mass is 19.1. The van der Waals surface area contributed by atoms with Gasteiger partial charge in [0.25, 0.3) is 17.4 Å². The topological polar surface area (TPSA) is 131 Å². The second-order valence-electron chi connectivity index (χ2n) is 9.02. The molecule has 0 bridgehead atoms. The van der Waals surface area contributed by atoms with Crippen LogP contribution >= 0.6 is 0 Å². The molecule has 0 saturated heterocycles. The summed E-state index contributed by atoms with van der Waals surface area (Å²) in [6, 6.07) is 8.72. The summed E-state index contributed by atoms with van der Waals surface area (Å²) in [5.41, 5.74) is 1.10. The Balaban J connectivity index is 1.65. The first-order chi connectivity index (χ1) is 19.2. The average molecular weight is 551 g/mol. The van der Waals surface area contributed by atoms with Crippen molar-refractivity contribution in [3.05, 3.63) is 111 Å². The van der Waals surface area contributed by atoms with Crippen LogP contribution in [0.5, 0.6) is 0 Å². The zero-order chi connectivity index (χ0) is 28.8. The van der Waals surface area contributed by atoms with Gasteiger partial charge in [0.15, 0.2) is 0 Å². The maximum atomic E-state index is 14.0. The number of aromatic nitrogens is 4. The summed E-state index contributed by atoms with van der Waals surface area (Å²) in [5.74, 6) is -2.80. The number of aromatic amines is 1. The van der Waals surface area contributed by atoms with E-state index in [9.17, 15) is 23.2 Å². The number of carbonyl (C=O) groups excluding carboxylic acids is 2. The second kappa shape index (κ2) is 12.4. The predicted octanol–water partition coefficient (Wildman–Crippen LogP) is 3.46. The van der Waals surface area contributed by atoms with Crippen LogP contribution in [0.15, 0.2) is 65.8 Å². The van der Waals surface area contributed by atoms with Crippen LogP contribution in [0.2, 0.25) is 0 Å². The van der Waals surface area contributed by atoms with Gasteiger partial charge in [0.05, 0.1) is 6.61 Å². The molecule has 0 spiro atoms. The van der Waals surface area contributed by atoms with Crippen molar-refractivity contribution in [3.63, 3.8) is 0 Å². The Labute approximate surface area is 228 Å². The fourth-order valence-corrected chi connectivity index (χ4v) is 4.33. The number of benzene rings is 1. The fourth-order valence-electron chi connectivity index (χ4n) is 4.33. The number of hydrogen-bond acceptors (Lipinski definition) is 6. The van der Waals surface area contributed by atoms with Gasteiger partial charge in [-0.3, -0.25) is 19.1 Å². The Bertz CT molecular complexity index is 1590. The molecular formula is C28H28F2N6O4. The molecule has 0 aliphatic rings. The van der Waals surface area contributed by atoms with Crippen LogP contribution in [0.4, 0.5) is 14.6 Å². The zero-order valence-corrected chi connectivity index (χ0v) is 22.1. The maximum absolute atomic E-state index is 14.0. The molecule has 10 nitrogen and oxygen atoms in total. The quantitative estimate of drug-likeness (QED) is 0.277. The number of carbonyl (C=O) groups is 2. The number of aryl methyl sites for hydroxylation is 2. The molecule has 4 aromatic rings. The van der Waals surface area contributed by atoms with E-state index in [1.807, 2.05) is 6.92 Å². The molecule has 3 aromatic heterocycles. The van der Waals surface area contributed by atoms with Gasteiger partial charge in [-0.1, -0.05) is 12.1 Å². The minimum atomic E-state index is -1.21. The minimum Gasteiger partial charge on any atom is -0.384 e. The van der Waals surface area contributed by atoms with Crippen molar-refractivity contribution in [3.8, 4) is 0 Å². The fraction of sp³-hybridized carbons (Fsp3) is 0.250. The lowest BCUT2D eigenvalue weighted by Crippen LogP contribution is -2.38. The third kappa shape index (κ3) is 6.29. The molecule has 0 aliphatic heterocycles. The molecule has 3 heterocycles. The molecule has 0 fully saturated rings. The van der Waals surface area contributed by atoms with E-state index < -0.39 is 41.0 Å². The number of nitrogens with zero attached hydrogens (tertiary/aromatic N) is 3. The van der Waals surface area contributed by atoms with Gasteiger partial charge >= 0.3 is 0 Å². The van der Waals surface area contributed by atoms with Crippen LogP contribution in [-0.2, 0) is 16.1 Å². The lowest BCUT2D eigenvalue weighted by molar-refractivity contribution is -0.118. The number of pyridine rings is 2. The van der Waals surface area contributed by atoms with Crippen molar-refractivity contribution < 1.29 is 23.1 Å². The molecule has 2 atom stereocenters. The number of ether oxygens (including phenoxy) is 1. The Hall–Kier alpha value is -4.71. The Kier molecular flexibility index (Phi) is 8.80. The van der Waals surface area contributed by atoms with E-state index in [4.69, 9.17) is 4.74 Å². The zero-order valence-electron chi connectivity index (χ0n) is 22.1. The highest BCUT2D eigenvalue weighted by Gasteiger charge is 2.26. The van der Waals surface area contributed by atoms with Gasteiger partial charge in [-0.15, -0.1) is 0 Å². The molecule has 3 N–H and O–H groups in total. The van der Waals surface area contributed by atoms with Crippen LogP contribution in [0, 0.1) is 18.6 Å². The van der Waals surface area contributed by atoms with Crippen molar-refractivity contribution in [1.29, 1.82) is 0 Å². The van der Waals surface area contributed by atoms with Gasteiger partial charge in [-0.05, 0) is 60.9 Å². The minimum absolute atomic E-state index is 0.0581. The van der Waals surface area contributed by atoms with Gasteiger partial charge < -0.3 is 20.4 Å². The van der Waals surface area contributed by atoms with Crippen LogP contribution in [-0.4, -0.2) is 45.3 Å². The van der Waals surface area contributed by atoms with E-state index in [-0.39, 0.29) is 23.7 Å². The van der Waals surface area contributed by atoms with Crippen LogP contribution in [0.1, 0.15) is 51.6 Å². The average Bonchev–Trinajstić information content (AvgIpc) is 3.43. The maximum Gasteiger partial charge on any atom is 0.270 e. The number of amides is 2. The molecule has 0 unspecified atom stereocenters. The molecule has 1 aromatic carbocycles. The highest BCUT2D eigenvalue weighted by Crippen LogP contribution is 2.25. The lowest BCUT2D eigenvalue weighted by atomic mass is 9.93. The Morgan fingerprint density at radius 2 is 1.90 bits per heavy atom. The van der Waals surface area contributed by atoms with Crippen LogP contribution < -0.4 is 16.2 Å². The van der Waals surface area contributed by atoms with Crippen LogP contribution in [0.3, 0.4) is 0 Å². The molecule has 0 radical (unpaired) electrons. The van der Waals surface area contributed by atoms with E-state index in [1.54, 1.807) is 13.0 Å². The third-order valence-electron chi connectivity index (χ3n) is 6.34. The molecular weight excluding hydrogens is 522 g/mol. The number of anilines is 1. The lowest BCUT2D eigenvalue weighted by Gasteiger charge is -2.20. The first-order valence-electron chi connectivity index (χ1n) is 12.4. The van der Waals surface area contributed by atoms with E-state index in [0.29, 0.717) is 23.2 Å². The Morgan fingerprint density at radius 3 is 2.62 bits per heavy atom. The van der Waals surface area contributed by atoms with Crippen LogP contribution in [0.25, 0.3) is 0 Å². The number of methoxy groups -OCH3 is 1. The summed E-state index contributed by atoms with van der Waals surface area (Å²) in [4.78, 5) is 45.6. The standard InChI is InChI=1S/C28H28F2N6O4/c1-4-36-23(8-10-33-36)27(38)35-25(18-5-6-22(30)16(2)11-18)28(39)34-24-12-17(7-9-31-24)21(15-40-3)20-13-19(29)14-32-26(20)37/h5-14,21,25H,4,15H2,1-3H3,(H,32,37)(H,35,38)(H,31,34,39)/t21-,25+/m1/s1. The molecule has 0 aliphatic carbocycles. The SMILES string of the molecule is CCn1nccc1C(=O)N[C@H](C(=O)Nc1cc([C@@H](COC)c2cc(F)c[nH]c2=O)ccn1)c1ccc(F)c(C)c1. The van der Waals surface area contributed by atoms with Gasteiger partial charge in [0.2, 0.25) is 0 Å². The summed E-state index contributed by atoms with van der Waals surface area (Å²) in [6.45, 7) is 3.87. The molecule has 40 heavy (non-hydrogen) atoms. The summed E-state index contributed by atoms with van der Waals surface area (Å²) < 4.78 is 34.7. The predicted molar refractivity (Wildman–Crippen MR) is 143 cm³/mol. The van der Waals surface area contributed by atoms with Gasteiger partial charge in [0.1, 0.15) is 29.2 Å². The van der Waals surface area contributed by atoms with E-state index in [0.717, 1.165) is 12.3 Å². The third-order valence-corrected chi connectivity index (χ3v) is 6.34. The highest BCUT2D eigenvalue weighted by molar-refractivity contribution is 6.00. The number of rotatable bonds is 10. The molecule has 4 rings (SSSR count). The normalized spacial score (nSPS) is 12.5. The molecule has 0 saturated carbocycles. The first-order valence-corrected chi connectivity index (χ1v) is 12.4. The monoisotopic (exact) mass is 550 g/mol. The molecule has 2 amide bonds. The van der Waals surface area contributed by atoms with Gasteiger partial charge in [0, 0.05) is 43.7 Å². The number of H-pyrrole nitrogens is 1. The summed E-state index contributed by atoms with van der Waals surface area (Å²) in [6.07, 6.45) is 3.87. The summed E-state index contributed by atoms with van der Waals surface area (Å²) >= 11 is 0. The Morgan fingerprint density at radius 1 is 1.10 bits per heavy atom. The van der Waals surface area contributed by atoms with E-state index >= 15 is 0 Å². The van der Waals surface area contributed by atoms with Gasteiger partial charge in [-0.2, -0.15) is 5.10 Å². The first kappa shape index (κ1) is 28.3. The molecule has 12 heteroatoms. The van der Waals surface area contributed by atoms with Crippen molar-refractivity contribution in [1.82, 2.24) is 25.1 Å². The van der Waals surface area contributed by atoms with Crippen molar-refractivity contribution >= 4 is 17.6 Å². The largest absolute Gasteiger partial charge is 0.384 e. The molecule has 208 valence electrons. The number of nitrogens with one attached hydrogen (secondary N) is 3. The smallest absolute Gasteiger partial charge is 0.270 e. The van der Waals surface area contributed by atoms with Crippen molar-refractivity contribution in [2.75, 3.05) is 19.0 Å². The summed E-state index contributed by atoms with van der Waals surface area (Å²) in [7, 11) is 1.45. The number of hydrogen-bond donors (Lipinski definition) is 3. The second-order valence-corrected chi connectivity index (χ2v) is 9.02. The van der Waals surface area contributed by atoms with E-state index in [1.165, 1.54) is 54.5 Å². The van der Waals surface area contributed by atoms with Crippen molar-refractivity contribution in [2.45, 2.75) is 32.4 Å². The van der Waals surface area contributed by atoms with E-state index in [2.05, 4.69) is 25.7 Å². The van der Waals surface area contributed by atoms with Gasteiger partial charge in [-0.25, -0.2) is 13.8 Å². The van der Waals surface area contributed by atoms with Crippen molar-refractivity contribution in [2.24, 2.45) is 0 Å². The summed E-state index contributed by atoms with van der Waals surface area (Å²) in [5, 5.41) is 9.48.